The van der Waals surface area contributed by atoms with Crippen molar-refractivity contribution in [2.45, 2.75) is 70.4 Å². The number of thiocarbonyl (C=S) groups is 1. The van der Waals surface area contributed by atoms with Crippen LogP contribution >= 0.6 is 12.2 Å². The zero-order chi connectivity index (χ0) is 20.5. The van der Waals surface area contributed by atoms with Crippen molar-refractivity contribution in [2.24, 2.45) is 0 Å². The van der Waals surface area contributed by atoms with Crippen molar-refractivity contribution in [1.82, 2.24) is 4.90 Å². The number of carbonyl (C=O) groups is 1. The molecule has 1 aromatic carbocycles. The van der Waals surface area contributed by atoms with Crippen LogP contribution in [0.3, 0.4) is 0 Å². The molecule has 1 fully saturated rings. The van der Waals surface area contributed by atoms with E-state index in [9.17, 15) is 14.3 Å². The fraction of sp³-hybridized carbons (Fsp3) is 0.545. The van der Waals surface area contributed by atoms with Crippen LogP contribution in [0.25, 0.3) is 0 Å². The van der Waals surface area contributed by atoms with Gasteiger partial charge in [-0.3, -0.25) is 4.79 Å². The molecule has 4 nitrogen and oxygen atoms in total. The Morgan fingerprint density at radius 2 is 2.11 bits per heavy atom. The number of carboxylic acids is 1. The number of benzene rings is 1. The summed E-state index contributed by atoms with van der Waals surface area (Å²) in [4.78, 5) is 13.7. The minimum atomic E-state index is -0.736. The smallest absolute Gasteiger partial charge is 0.303 e. The van der Waals surface area contributed by atoms with Gasteiger partial charge in [-0.1, -0.05) is 49.3 Å². The van der Waals surface area contributed by atoms with E-state index in [0.717, 1.165) is 55.6 Å². The van der Waals surface area contributed by atoms with Crippen molar-refractivity contribution in [1.29, 1.82) is 0 Å². The SMILES string of the molecule is Cc1cc(C[C@H](O)/C=C/[C@H]2CCC(=S)N2CCCCCCC(=O)O)ccc1F. The van der Waals surface area contributed by atoms with E-state index < -0.39 is 12.1 Å². The molecular weight excluding hydrogens is 377 g/mol. The average molecular weight is 408 g/mol. The molecule has 1 aliphatic heterocycles. The molecule has 0 unspecified atom stereocenters. The molecule has 2 atom stereocenters. The van der Waals surface area contributed by atoms with Crippen molar-refractivity contribution in [3.8, 4) is 0 Å². The molecule has 0 aliphatic carbocycles. The highest BCUT2D eigenvalue weighted by Crippen LogP contribution is 2.22. The van der Waals surface area contributed by atoms with E-state index in [-0.39, 0.29) is 18.3 Å². The number of nitrogens with zero attached hydrogens (tertiary/aromatic N) is 1. The van der Waals surface area contributed by atoms with Crippen molar-refractivity contribution in [3.05, 3.63) is 47.3 Å². The molecule has 154 valence electrons. The van der Waals surface area contributed by atoms with E-state index in [2.05, 4.69) is 4.90 Å². The minimum Gasteiger partial charge on any atom is -0.481 e. The largest absolute Gasteiger partial charge is 0.481 e. The molecule has 0 aromatic heterocycles. The van der Waals surface area contributed by atoms with Gasteiger partial charge in [0.05, 0.1) is 11.1 Å². The lowest BCUT2D eigenvalue weighted by Gasteiger charge is -2.24. The molecule has 1 aromatic rings. The molecule has 28 heavy (non-hydrogen) atoms. The van der Waals surface area contributed by atoms with E-state index in [0.29, 0.717) is 12.0 Å². The van der Waals surface area contributed by atoms with Crippen molar-refractivity contribution >= 4 is 23.2 Å². The number of hydrogen-bond acceptors (Lipinski definition) is 3. The number of rotatable bonds is 11. The van der Waals surface area contributed by atoms with Crippen LogP contribution in [0.2, 0.25) is 0 Å². The third-order valence-corrected chi connectivity index (χ3v) is 5.58. The Bertz CT molecular complexity index is 707. The van der Waals surface area contributed by atoms with Gasteiger partial charge >= 0.3 is 5.97 Å². The fourth-order valence-corrected chi connectivity index (χ4v) is 3.90. The highest BCUT2D eigenvalue weighted by Gasteiger charge is 2.25. The molecule has 0 saturated carbocycles. The summed E-state index contributed by atoms with van der Waals surface area (Å²) in [6.07, 6.45) is 9.39. The van der Waals surface area contributed by atoms with Gasteiger partial charge in [-0.25, -0.2) is 4.39 Å². The summed E-state index contributed by atoms with van der Waals surface area (Å²) in [7, 11) is 0. The number of likely N-dealkylation sites (tertiary alicyclic amines) is 1. The monoisotopic (exact) mass is 407 g/mol. The number of halogens is 1. The van der Waals surface area contributed by atoms with E-state index in [1.54, 1.807) is 19.1 Å². The number of aryl methyl sites for hydroxylation is 1. The Balaban J connectivity index is 1.79. The first kappa shape index (κ1) is 22.5. The van der Waals surface area contributed by atoms with Gasteiger partial charge in [0.1, 0.15) is 5.82 Å². The maximum atomic E-state index is 13.4. The van der Waals surface area contributed by atoms with E-state index in [1.807, 2.05) is 12.2 Å². The van der Waals surface area contributed by atoms with Crippen molar-refractivity contribution in [3.63, 3.8) is 0 Å². The molecule has 0 bridgehead atoms. The summed E-state index contributed by atoms with van der Waals surface area (Å²) in [5, 5.41) is 19.0. The van der Waals surface area contributed by atoms with Crippen LogP contribution < -0.4 is 0 Å². The molecule has 1 saturated heterocycles. The Morgan fingerprint density at radius 1 is 1.36 bits per heavy atom. The number of aliphatic hydroxyl groups excluding tert-OH is 1. The summed E-state index contributed by atoms with van der Waals surface area (Å²) in [5.41, 5.74) is 1.50. The first-order chi connectivity index (χ1) is 13.4. The molecule has 6 heteroatoms. The van der Waals surface area contributed by atoms with Gasteiger partial charge in [-0.2, -0.15) is 0 Å². The van der Waals surface area contributed by atoms with Gasteiger partial charge in [0.2, 0.25) is 0 Å². The van der Waals surface area contributed by atoms with Gasteiger partial charge in [0.25, 0.3) is 0 Å². The Labute approximate surface area is 172 Å². The third kappa shape index (κ3) is 7.32. The normalized spacial score (nSPS) is 18.2. The molecule has 1 aliphatic rings. The summed E-state index contributed by atoms with van der Waals surface area (Å²) in [6, 6.07) is 5.12. The van der Waals surface area contributed by atoms with Crippen molar-refractivity contribution in [2.75, 3.05) is 6.54 Å². The van der Waals surface area contributed by atoms with Gasteiger partial charge in [0.15, 0.2) is 0 Å². The first-order valence-corrected chi connectivity index (χ1v) is 10.4. The van der Waals surface area contributed by atoms with Crippen LogP contribution in [0.4, 0.5) is 4.39 Å². The zero-order valence-corrected chi connectivity index (χ0v) is 17.3. The lowest BCUT2D eigenvalue weighted by atomic mass is 10.0. The number of hydrogen-bond donors (Lipinski definition) is 2. The number of aliphatic carboxylic acids is 1. The van der Waals surface area contributed by atoms with Crippen LogP contribution in [0, 0.1) is 12.7 Å². The molecule has 0 radical (unpaired) electrons. The predicted molar refractivity (Wildman–Crippen MR) is 113 cm³/mol. The Morgan fingerprint density at radius 3 is 2.82 bits per heavy atom. The quantitative estimate of drug-likeness (QED) is 0.323. The second-order valence-electron chi connectivity index (χ2n) is 7.49. The van der Waals surface area contributed by atoms with E-state index in [4.69, 9.17) is 17.3 Å². The fourth-order valence-electron chi connectivity index (χ4n) is 3.56. The summed E-state index contributed by atoms with van der Waals surface area (Å²) >= 11 is 5.48. The lowest BCUT2D eigenvalue weighted by molar-refractivity contribution is -0.137. The van der Waals surface area contributed by atoms with E-state index >= 15 is 0 Å². The zero-order valence-electron chi connectivity index (χ0n) is 16.4. The summed E-state index contributed by atoms with van der Waals surface area (Å²) < 4.78 is 13.4. The number of carboxylic acid groups (broad SMARTS) is 1. The van der Waals surface area contributed by atoms with Crippen LogP contribution in [0.15, 0.2) is 30.4 Å². The maximum Gasteiger partial charge on any atom is 0.303 e. The van der Waals surface area contributed by atoms with Crippen LogP contribution in [0.5, 0.6) is 0 Å². The molecule has 1 heterocycles. The molecule has 2 rings (SSSR count). The molecule has 2 N–H and O–H groups in total. The second-order valence-corrected chi connectivity index (χ2v) is 7.96. The number of aliphatic hydroxyl groups is 1. The van der Waals surface area contributed by atoms with Crippen LogP contribution in [-0.4, -0.2) is 44.8 Å². The minimum absolute atomic E-state index is 0.205. The van der Waals surface area contributed by atoms with Gasteiger partial charge < -0.3 is 15.1 Å². The number of unbranched alkanes of at least 4 members (excludes halogenated alkanes) is 3. The van der Waals surface area contributed by atoms with Crippen LogP contribution in [0.1, 0.15) is 56.1 Å². The Kier molecular flexibility index (Phi) is 9.06. The standard InChI is InChI=1S/C22H30FNO3S/c1-16-14-17(7-11-20(16)23)15-19(25)10-8-18-9-12-21(28)24(18)13-5-3-2-4-6-22(26)27/h7-8,10-11,14,18-19,25H,2-6,9,12-13,15H2,1H3,(H,26,27)/b10-8+/t18-,19+/m0/s1. The average Bonchev–Trinajstić information content (AvgIpc) is 2.99. The summed E-state index contributed by atoms with van der Waals surface area (Å²) in [6.45, 7) is 2.59. The summed E-state index contributed by atoms with van der Waals surface area (Å²) in [5.74, 6) is -0.966. The maximum absolute atomic E-state index is 13.4. The topological polar surface area (TPSA) is 60.8 Å². The van der Waals surface area contributed by atoms with Crippen molar-refractivity contribution < 1.29 is 19.4 Å². The van der Waals surface area contributed by atoms with E-state index in [1.165, 1.54) is 6.07 Å². The molecular formula is C22H30FNO3S. The molecule has 0 amide bonds. The highest BCUT2D eigenvalue weighted by atomic mass is 32.1. The molecule has 0 spiro atoms. The first-order valence-electron chi connectivity index (χ1n) is 9.99. The second kappa shape index (κ2) is 11.3. The van der Waals surface area contributed by atoms with Gasteiger partial charge in [0, 0.05) is 31.8 Å². The van der Waals surface area contributed by atoms with Gasteiger partial charge in [-0.15, -0.1) is 0 Å². The Hall–Kier alpha value is -1.79. The van der Waals surface area contributed by atoms with Gasteiger partial charge in [-0.05, 0) is 43.4 Å². The third-order valence-electron chi connectivity index (χ3n) is 5.14. The lowest BCUT2D eigenvalue weighted by Crippen LogP contribution is -2.32. The highest BCUT2D eigenvalue weighted by molar-refractivity contribution is 7.80. The predicted octanol–water partition coefficient (Wildman–Crippen LogP) is 4.42. The van der Waals surface area contributed by atoms with Crippen LogP contribution in [-0.2, 0) is 11.2 Å².